The molecule has 7 nitrogen and oxygen atoms in total. The predicted octanol–water partition coefficient (Wildman–Crippen LogP) is 4.60. The maximum atomic E-state index is 13.1. The molecule has 1 aliphatic carbocycles. The van der Waals surface area contributed by atoms with Crippen LogP contribution in [0.4, 0.5) is 11.4 Å². The van der Waals surface area contributed by atoms with Gasteiger partial charge >= 0.3 is 5.97 Å². The molecule has 4 rings (SSSR count). The van der Waals surface area contributed by atoms with E-state index in [1.54, 1.807) is 48.5 Å². The molecule has 0 spiro atoms. The topological polar surface area (TPSA) is 92.8 Å². The van der Waals surface area contributed by atoms with Crippen LogP contribution in [0.5, 0.6) is 0 Å². The highest BCUT2D eigenvalue weighted by molar-refractivity contribution is 6.25. The summed E-state index contributed by atoms with van der Waals surface area (Å²) in [5, 5.41) is 2.79. The number of hydrogen-bond acceptors (Lipinski definition) is 5. The minimum absolute atomic E-state index is 0.230. The lowest BCUT2D eigenvalue weighted by atomic mass is 9.82. The fourth-order valence-corrected chi connectivity index (χ4v) is 4.35. The van der Waals surface area contributed by atoms with Crippen molar-refractivity contribution in [1.29, 1.82) is 0 Å². The van der Waals surface area contributed by atoms with Gasteiger partial charge in [0.15, 0.2) is 0 Å². The lowest BCUT2D eigenvalue weighted by Gasteiger charge is -2.19. The normalized spacial score (nSPS) is 19.6. The first kappa shape index (κ1) is 23.4. The number of fused-ring (bicyclic) bond motifs is 1. The number of ether oxygens (including phenoxy) is 1. The third-order valence-electron chi connectivity index (χ3n) is 6.14. The van der Waals surface area contributed by atoms with Gasteiger partial charge in [0.1, 0.15) is 0 Å². The fraction of sp³-hybridized carbons (Fsp3) is 0.333. The highest BCUT2D eigenvalue weighted by atomic mass is 16.5. The first-order chi connectivity index (χ1) is 16.3. The van der Waals surface area contributed by atoms with Crippen molar-refractivity contribution in [1.82, 2.24) is 0 Å². The van der Waals surface area contributed by atoms with Gasteiger partial charge in [0, 0.05) is 5.69 Å². The van der Waals surface area contributed by atoms with Crippen LogP contribution in [0.2, 0.25) is 0 Å². The van der Waals surface area contributed by atoms with E-state index in [0.29, 0.717) is 30.7 Å². The number of anilines is 2. The van der Waals surface area contributed by atoms with Gasteiger partial charge in [-0.25, -0.2) is 9.69 Å². The number of nitrogens with zero attached hydrogens (tertiary/aromatic N) is 1. The van der Waals surface area contributed by atoms with Crippen LogP contribution in [-0.2, 0) is 14.3 Å². The van der Waals surface area contributed by atoms with Crippen LogP contribution in [0.15, 0.2) is 60.2 Å². The molecule has 0 saturated carbocycles. The second-order valence-electron chi connectivity index (χ2n) is 9.26. The van der Waals surface area contributed by atoms with E-state index in [0.717, 1.165) is 5.57 Å². The lowest BCUT2D eigenvalue weighted by molar-refractivity contribution is -0.122. The van der Waals surface area contributed by atoms with Crippen molar-refractivity contribution >= 4 is 35.1 Å². The predicted molar refractivity (Wildman–Crippen MR) is 128 cm³/mol. The van der Waals surface area contributed by atoms with Crippen LogP contribution >= 0.6 is 0 Å². The standard InChI is InChI=1S/C27H28N2O5/c1-16(2)15-34-27(33)18-9-11-19(12-10-18)28-24(30)21-6-4-5-7-23(21)29-25(31)20-13-8-17(3)14-22(20)26(29)32/h4-12,16,20,22H,13-15H2,1-3H3,(H,28,30)/t20-,22-/m0/s1. The second-order valence-corrected chi connectivity index (χ2v) is 9.26. The fourth-order valence-electron chi connectivity index (χ4n) is 4.35. The Hall–Kier alpha value is -3.74. The Kier molecular flexibility index (Phi) is 6.63. The van der Waals surface area contributed by atoms with E-state index in [1.165, 1.54) is 4.90 Å². The van der Waals surface area contributed by atoms with E-state index in [2.05, 4.69) is 5.32 Å². The quantitative estimate of drug-likeness (QED) is 0.386. The zero-order valence-corrected chi connectivity index (χ0v) is 19.5. The largest absolute Gasteiger partial charge is 0.462 e. The molecule has 0 bridgehead atoms. The van der Waals surface area contributed by atoms with E-state index in [4.69, 9.17) is 4.74 Å². The minimum atomic E-state index is -0.449. The van der Waals surface area contributed by atoms with Crippen LogP contribution in [0, 0.1) is 17.8 Å². The van der Waals surface area contributed by atoms with Gasteiger partial charge in [-0.05, 0) is 62.1 Å². The molecule has 2 aromatic carbocycles. The number of carbonyl (C=O) groups is 4. The minimum Gasteiger partial charge on any atom is -0.462 e. The molecule has 1 saturated heterocycles. The van der Waals surface area contributed by atoms with Gasteiger partial charge in [-0.2, -0.15) is 0 Å². The Balaban J connectivity index is 1.51. The van der Waals surface area contributed by atoms with Gasteiger partial charge < -0.3 is 10.1 Å². The molecule has 0 aromatic heterocycles. The van der Waals surface area contributed by atoms with Crippen molar-refractivity contribution in [2.24, 2.45) is 17.8 Å². The number of nitrogens with one attached hydrogen (secondary N) is 1. The molecular formula is C27H28N2O5. The van der Waals surface area contributed by atoms with Crippen molar-refractivity contribution in [3.05, 3.63) is 71.3 Å². The smallest absolute Gasteiger partial charge is 0.338 e. The molecule has 1 fully saturated rings. The number of allylic oxidation sites excluding steroid dienone is 2. The van der Waals surface area contributed by atoms with Crippen LogP contribution in [-0.4, -0.2) is 30.3 Å². The van der Waals surface area contributed by atoms with E-state index < -0.39 is 11.9 Å². The summed E-state index contributed by atoms with van der Waals surface area (Å²) in [6, 6.07) is 13.0. The maximum Gasteiger partial charge on any atom is 0.338 e. The SMILES string of the molecule is CC1=CC[C@@H]2C(=O)N(c3ccccc3C(=O)Nc3ccc(C(=O)OCC(C)C)cc3)C(=O)[C@H]2C1. The van der Waals surface area contributed by atoms with Crippen LogP contribution in [0.25, 0.3) is 0 Å². The Bertz CT molecular complexity index is 1170. The molecule has 0 radical (unpaired) electrons. The van der Waals surface area contributed by atoms with Crippen molar-refractivity contribution in [3.8, 4) is 0 Å². The number of esters is 1. The summed E-state index contributed by atoms with van der Waals surface area (Å²) < 4.78 is 5.22. The number of carbonyl (C=O) groups excluding carboxylic acids is 4. The van der Waals surface area contributed by atoms with E-state index in [-0.39, 0.29) is 40.8 Å². The summed E-state index contributed by atoms with van der Waals surface area (Å²) in [6.45, 7) is 6.21. The summed E-state index contributed by atoms with van der Waals surface area (Å²) in [5.74, 6) is -1.91. The summed E-state index contributed by atoms with van der Waals surface area (Å²) >= 11 is 0. The Morgan fingerprint density at radius 3 is 2.41 bits per heavy atom. The van der Waals surface area contributed by atoms with Gasteiger partial charge in [-0.1, -0.05) is 37.6 Å². The first-order valence-corrected chi connectivity index (χ1v) is 11.5. The number of benzene rings is 2. The molecule has 1 aliphatic heterocycles. The molecule has 34 heavy (non-hydrogen) atoms. The van der Waals surface area contributed by atoms with Gasteiger partial charge in [-0.3, -0.25) is 14.4 Å². The molecule has 2 aromatic rings. The Morgan fingerprint density at radius 2 is 1.71 bits per heavy atom. The molecule has 7 heteroatoms. The average molecular weight is 461 g/mol. The number of rotatable bonds is 6. The van der Waals surface area contributed by atoms with Crippen LogP contribution in [0.1, 0.15) is 54.3 Å². The zero-order valence-electron chi connectivity index (χ0n) is 19.5. The Morgan fingerprint density at radius 1 is 1.03 bits per heavy atom. The third kappa shape index (κ3) is 4.64. The van der Waals surface area contributed by atoms with E-state index in [9.17, 15) is 19.2 Å². The molecule has 0 unspecified atom stereocenters. The highest BCUT2D eigenvalue weighted by Gasteiger charge is 2.49. The molecule has 2 atom stereocenters. The van der Waals surface area contributed by atoms with E-state index >= 15 is 0 Å². The highest BCUT2D eigenvalue weighted by Crippen LogP contribution is 2.40. The molecule has 176 valence electrons. The van der Waals surface area contributed by atoms with Gasteiger partial charge in [0.05, 0.1) is 35.3 Å². The second kappa shape index (κ2) is 9.63. The van der Waals surface area contributed by atoms with Crippen molar-refractivity contribution in [2.45, 2.75) is 33.6 Å². The molecule has 3 amide bonds. The number of imide groups is 1. The number of amides is 3. The number of para-hydroxylation sites is 1. The molecule has 1 heterocycles. The van der Waals surface area contributed by atoms with Crippen molar-refractivity contribution in [3.63, 3.8) is 0 Å². The first-order valence-electron chi connectivity index (χ1n) is 11.5. The van der Waals surface area contributed by atoms with Crippen molar-refractivity contribution in [2.75, 3.05) is 16.8 Å². The van der Waals surface area contributed by atoms with Gasteiger partial charge in [0.2, 0.25) is 11.8 Å². The summed E-state index contributed by atoms with van der Waals surface area (Å²) in [7, 11) is 0. The molecule has 2 aliphatic rings. The summed E-state index contributed by atoms with van der Waals surface area (Å²) in [4.78, 5) is 52.6. The molecule has 1 N–H and O–H groups in total. The lowest BCUT2D eigenvalue weighted by Crippen LogP contribution is -2.33. The van der Waals surface area contributed by atoms with Crippen LogP contribution in [0.3, 0.4) is 0 Å². The summed E-state index contributed by atoms with van der Waals surface area (Å²) in [5.41, 5.74) is 2.49. The molecular weight excluding hydrogens is 432 g/mol. The Labute approximate surface area is 198 Å². The average Bonchev–Trinajstić information content (AvgIpc) is 3.07. The van der Waals surface area contributed by atoms with Crippen LogP contribution < -0.4 is 10.2 Å². The van der Waals surface area contributed by atoms with E-state index in [1.807, 2.05) is 26.8 Å². The monoisotopic (exact) mass is 460 g/mol. The van der Waals surface area contributed by atoms with Gasteiger partial charge in [-0.15, -0.1) is 0 Å². The summed E-state index contributed by atoms with van der Waals surface area (Å²) in [6.07, 6.45) is 3.11. The zero-order chi connectivity index (χ0) is 24.4. The van der Waals surface area contributed by atoms with Gasteiger partial charge in [0.25, 0.3) is 5.91 Å². The van der Waals surface area contributed by atoms with Crippen molar-refractivity contribution < 1.29 is 23.9 Å². The third-order valence-corrected chi connectivity index (χ3v) is 6.14. The maximum absolute atomic E-state index is 13.1. The number of hydrogen-bond donors (Lipinski definition) is 1.